The van der Waals surface area contributed by atoms with Gasteiger partial charge in [0.25, 0.3) is 0 Å². The van der Waals surface area contributed by atoms with Crippen LogP contribution in [0.15, 0.2) is 18.2 Å². The Bertz CT molecular complexity index is 526. The van der Waals surface area contributed by atoms with Crippen LogP contribution in [-0.2, 0) is 0 Å². The molecule has 2 N–H and O–H groups in total. The number of nitrogens with two attached hydrogens (primary N) is 1. The molecule has 1 aromatic carbocycles. The molecule has 3 heteroatoms. The van der Waals surface area contributed by atoms with Crippen molar-refractivity contribution in [2.45, 2.75) is 64.0 Å². The Morgan fingerprint density at radius 2 is 2.00 bits per heavy atom. The van der Waals surface area contributed by atoms with Crippen LogP contribution in [0, 0.1) is 5.41 Å². The molecule has 2 atom stereocenters. The van der Waals surface area contributed by atoms with Crippen LogP contribution in [0.4, 0.5) is 0 Å². The fraction of sp³-hybridized carbons (Fsp3) is 0.667. The Balaban J connectivity index is 1.87. The van der Waals surface area contributed by atoms with E-state index in [1.807, 2.05) is 18.2 Å². The van der Waals surface area contributed by atoms with Gasteiger partial charge < -0.3 is 15.2 Å². The van der Waals surface area contributed by atoms with Crippen molar-refractivity contribution >= 4 is 0 Å². The Hall–Kier alpha value is -1.22. The summed E-state index contributed by atoms with van der Waals surface area (Å²) in [4.78, 5) is 0. The number of methoxy groups -OCH3 is 1. The minimum absolute atomic E-state index is 0.0464. The number of benzene rings is 1. The molecule has 1 heterocycles. The second-order valence-corrected chi connectivity index (χ2v) is 7.52. The van der Waals surface area contributed by atoms with Crippen molar-refractivity contribution in [2.24, 2.45) is 11.1 Å². The van der Waals surface area contributed by atoms with Crippen molar-refractivity contribution in [3.8, 4) is 11.5 Å². The van der Waals surface area contributed by atoms with Crippen molar-refractivity contribution in [2.75, 3.05) is 7.11 Å². The Kier molecular flexibility index (Phi) is 3.64. The van der Waals surface area contributed by atoms with Crippen LogP contribution in [0.1, 0.15) is 64.0 Å². The van der Waals surface area contributed by atoms with Gasteiger partial charge in [0.15, 0.2) is 0 Å². The molecule has 1 fully saturated rings. The molecule has 0 saturated heterocycles. The van der Waals surface area contributed by atoms with Gasteiger partial charge in [-0.3, -0.25) is 0 Å². The molecule has 0 aromatic heterocycles. The third-order valence-corrected chi connectivity index (χ3v) is 5.28. The number of fused-ring (bicyclic) bond motifs is 1. The lowest BCUT2D eigenvalue weighted by molar-refractivity contribution is 0.0188. The highest BCUT2D eigenvalue weighted by atomic mass is 16.5. The van der Waals surface area contributed by atoms with E-state index < -0.39 is 0 Å². The maximum absolute atomic E-state index is 6.47. The average Bonchev–Trinajstić information content (AvgIpc) is 2.58. The quantitative estimate of drug-likeness (QED) is 0.842. The molecule has 0 radical (unpaired) electrons. The third-order valence-electron chi connectivity index (χ3n) is 5.28. The smallest absolute Gasteiger partial charge is 0.125 e. The van der Waals surface area contributed by atoms with E-state index in [0.29, 0.717) is 5.41 Å². The molecule has 21 heavy (non-hydrogen) atoms. The van der Waals surface area contributed by atoms with E-state index in [1.54, 1.807) is 7.11 Å². The molecular formula is C18H27NO2. The molecule has 116 valence electrons. The fourth-order valence-corrected chi connectivity index (χ4v) is 3.83. The Morgan fingerprint density at radius 1 is 1.19 bits per heavy atom. The summed E-state index contributed by atoms with van der Waals surface area (Å²) < 4.78 is 11.8. The van der Waals surface area contributed by atoms with Gasteiger partial charge in [0.1, 0.15) is 17.1 Å². The van der Waals surface area contributed by atoms with Crippen LogP contribution in [0.2, 0.25) is 0 Å². The van der Waals surface area contributed by atoms with E-state index in [2.05, 4.69) is 13.8 Å². The van der Waals surface area contributed by atoms with E-state index in [0.717, 1.165) is 36.3 Å². The zero-order valence-corrected chi connectivity index (χ0v) is 13.4. The largest absolute Gasteiger partial charge is 0.497 e. The van der Waals surface area contributed by atoms with E-state index in [4.69, 9.17) is 15.2 Å². The molecule has 0 amide bonds. The number of hydrogen-bond acceptors (Lipinski definition) is 3. The monoisotopic (exact) mass is 289 g/mol. The van der Waals surface area contributed by atoms with Crippen LogP contribution in [-0.4, -0.2) is 12.7 Å². The van der Waals surface area contributed by atoms with Gasteiger partial charge in [-0.2, -0.15) is 0 Å². The SMILES string of the molecule is COc1ccc2c(c1)[C@H](N)CC1(CCCC(C)(C)CC1)O2. The molecular weight excluding hydrogens is 262 g/mol. The zero-order valence-electron chi connectivity index (χ0n) is 13.4. The first-order valence-corrected chi connectivity index (χ1v) is 8.06. The predicted octanol–water partition coefficient (Wildman–Crippen LogP) is 4.21. The topological polar surface area (TPSA) is 44.5 Å². The fourth-order valence-electron chi connectivity index (χ4n) is 3.83. The molecule has 1 unspecified atom stereocenters. The maximum Gasteiger partial charge on any atom is 0.125 e. The van der Waals surface area contributed by atoms with E-state index in [1.165, 1.54) is 19.3 Å². The van der Waals surface area contributed by atoms with Gasteiger partial charge >= 0.3 is 0 Å². The summed E-state index contributed by atoms with van der Waals surface area (Å²) in [6, 6.07) is 6.05. The van der Waals surface area contributed by atoms with Crippen LogP contribution in [0.5, 0.6) is 11.5 Å². The van der Waals surface area contributed by atoms with E-state index in [9.17, 15) is 0 Å². The molecule has 1 aliphatic carbocycles. The van der Waals surface area contributed by atoms with Crippen molar-refractivity contribution in [1.82, 2.24) is 0 Å². The van der Waals surface area contributed by atoms with Crippen molar-refractivity contribution in [1.29, 1.82) is 0 Å². The van der Waals surface area contributed by atoms with Crippen LogP contribution < -0.4 is 15.2 Å². The number of rotatable bonds is 1. The van der Waals surface area contributed by atoms with Crippen molar-refractivity contribution < 1.29 is 9.47 Å². The molecule has 1 aliphatic heterocycles. The molecule has 2 aliphatic rings. The predicted molar refractivity (Wildman–Crippen MR) is 84.8 cm³/mol. The number of hydrogen-bond donors (Lipinski definition) is 1. The van der Waals surface area contributed by atoms with Crippen LogP contribution >= 0.6 is 0 Å². The molecule has 1 aromatic rings. The summed E-state index contributed by atoms with van der Waals surface area (Å²) in [5.41, 5.74) is 7.91. The first-order chi connectivity index (χ1) is 9.93. The van der Waals surface area contributed by atoms with E-state index in [-0.39, 0.29) is 11.6 Å². The Morgan fingerprint density at radius 3 is 2.76 bits per heavy atom. The molecule has 1 spiro atoms. The van der Waals surface area contributed by atoms with E-state index >= 15 is 0 Å². The summed E-state index contributed by atoms with van der Waals surface area (Å²) in [6.07, 6.45) is 6.87. The van der Waals surface area contributed by atoms with Gasteiger partial charge in [-0.05, 0) is 55.7 Å². The lowest BCUT2D eigenvalue weighted by Crippen LogP contribution is -2.42. The van der Waals surface area contributed by atoms with Gasteiger partial charge in [0.05, 0.1) is 7.11 Å². The van der Waals surface area contributed by atoms with Gasteiger partial charge in [0.2, 0.25) is 0 Å². The minimum Gasteiger partial charge on any atom is -0.497 e. The van der Waals surface area contributed by atoms with Gasteiger partial charge in [0, 0.05) is 18.0 Å². The standard InChI is InChI=1S/C18H27NO2/c1-17(2)7-4-8-18(10-9-17)12-15(19)14-11-13(20-3)5-6-16(14)21-18/h5-6,11,15H,4,7-10,12,19H2,1-3H3/t15-,18?/m1/s1. The highest BCUT2D eigenvalue weighted by Gasteiger charge is 2.42. The highest BCUT2D eigenvalue weighted by molar-refractivity contribution is 5.44. The third kappa shape index (κ3) is 2.89. The van der Waals surface area contributed by atoms with Crippen LogP contribution in [0.3, 0.4) is 0 Å². The van der Waals surface area contributed by atoms with Crippen LogP contribution in [0.25, 0.3) is 0 Å². The molecule has 3 nitrogen and oxygen atoms in total. The van der Waals surface area contributed by atoms with Crippen molar-refractivity contribution in [3.63, 3.8) is 0 Å². The average molecular weight is 289 g/mol. The summed E-state index contributed by atoms with van der Waals surface area (Å²) in [7, 11) is 1.69. The normalized spacial score (nSPS) is 31.1. The zero-order chi connectivity index (χ0) is 15.1. The molecule has 3 rings (SSSR count). The second kappa shape index (κ2) is 5.20. The summed E-state index contributed by atoms with van der Waals surface area (Å²) in [5, 5.41) is 0. The first-order valence-electron chi connectivity index (χ1n) is 8.06. The highest BCUT2D eigenvalue weighted by Crippen LogP contribution is 2.48. The summed E-state index contributed by atoms with van der Waals surface area (Å²) in [6.45, 7) is 4.74. The molecule has 1 saturated carbocycles. The van der Waals surface area contributed by atoms with Crippen molar-refractivity contribution in [3.05, 3.63) is 23.8 Å². The second-order valence-electron chi connectivity index (χ2n) is 7.52. The summed E-state index contributed by atoms with van der Waals surface area (Å²) >= 11 is 0. The maximum atomic E-state index is 6.47. The van der Waals surface area contributed by atoms with Gasteiger partial charge in [-0.1, -0.05) is 13.8 Å². The lowest BCUT2D eigenvalue weighted by Gasteiger charge is -2.41. The summed E-state index contributed by atoms with van der Waals surface area (Å²) in [5.74, 6) is 1.81. The Labute approximate surface area is 127 Å². The van der Waals surface area contributed by atoms with Gasteiger partial charge in [-0.15, -0.1) is 0 Å². The van der Waals surface area contributed by atoms with Gasteiger partial charge in [-0.25, -0.2) is 0 Å². The lowest BCUT2D eigenvalue weighted by atomic mass is 9.80. The first kappa shape index (κ1) is 14.7. The number of ether oxygens (including phenoxy) is 2. The minimum atomic E-state index is -0.0607. The molecule has 0 bridgehead atoms.